The molecule has 1 atom stereocenters. The van der Waals surface area contributed by atoms with E-state index in [4.69, 9.17) is 14.9 Å². The minimum atomic E-state index is -3.39. The zero-order chi connectivity index (χ0) is 24.6. The van der Waals surface area contributed by atoms with Crippen LogP contribution in [0.25, 0.3) is 6.08 Å². The van der Waals surface area contributed by atoms with Crippen molar-refractivity contribution in [2.24, 2.45) is 5.73 Å². The van der Waals surface area contributed by atoms with Crippen LogP contribution >= 0.6 is 0 Å². The number of amides is 1. The summed E-state index contributed by atoms with van der Waals surface area (Å²) in [5.41, 5.74) is 6.35. The van der Waals surface area contributed by atoms with Gasteiger partial charge in [-0.25, -0.2) is 4.79 Å². The lowest BCUT2D eigenvalue weighted by molar-refractivity contribution is -0.0627. The van der Waals surface area contributed by atoms with E-state index in [0.717, 1.165) is 6.08 Å². The number of carbonyl (C=O) groups excluding carboxylic acids is 2. The summed E-state index contributed by atoms with van der Waals surface area (Å²) in [7, 11) is -1.17. The molecule has 0 radical (unpaired) electrons. The number of rotatable bonds is 11. The number of hydrogen-bond donors (Lipinski definition) is 1. The van der Waals surface area contributed by atoms with E-state index in [1.165, 1.54) is 43.5 Å². The monoisotopic (exact) mass is 475 g/mol. The molecule has 0 saturated carbocycles. The number of primary amides is 1. The summed E-state index contributed by atoms with van der Waals surface area (Å²) in [4.78, 5) is 23.4. The van der Waals surface area contributed by atoms with Crippen molar-refractivity contribution < 1.29 is 27.5 Å². The Balaban J connectivity index is 2.51. The maximum Gasteiger partial charge on any atom is 0.337 e. The van der Waals surface area contributed by atoms with Gasteiger partial charge in [-0.05, 0) is 53.5 Å². The molecule has 1 unspecified atom stereocenters. The quantitative estimate of drug-likeness (QED) is 0.320. The van der Waals surface area contributed by atoms with Gasteiger partial charge in [-0.15, -0.1) is 0 Å². The maximum absolute atomic E-state index is 15.7. The van der Waals surface area contributed by atoms with Crippen LogP contribution in [-0.2, 0) is 9.16 Å². The Kier molecular flexibility index (Phi) is 9.07. The lowest BCUT2D eigenvalue weighted by atomic mass is 10.00. The van der Waals surface area contributed by atoms with E-state index in [0.29, 0.717) is 23.7 Å². The van der Waals surface area contributed by atoms with Gasteiger partial charge in [-0.2, -0.15) is 8.78 Å². The van der Waals surface area contributed by atoms with Crippen molar-refractivity contribution in [2.75, 3.05) is 7.11 Å². The molecular formula is C25H31F2NO4Si. The largest absolute Gasteiger partial charge is 0.465 e. The summed E-state index contributed by atoms with van der Waals surface area (Å²) in [6.07, 6.45) is 0.410. The van der Waals surface area contributed by atoms with E-state index < -0.39 is 32.2 Å². The lowest BCUT2D eigenvalue weighted by Crippen LogP contribution is -2.42. The molecule has 0 aromatic heterocycles. The average molecular weight is 476 g/mol. The Bertz CT molecular complexity index is 980. The highest BCUT2D eigenvalue weighted by atomic mass is 28.4. The number of alkyl halides is 2. The molecule has 178 valence electrons. The molecule has 5 nitrogen and oxygen atoms in total. The van der Waals surface area contributed by atoms with Crippen LogP contribution in [0, 0.1) is 0 Å². The number of methoxy groups -OCH3 is 1. The molecule has 0 fully saturated rings. The summed E-state index contributed by atoms with van der Waals surface area (Å²) in [6.45, 7) is 5.90. The summed E-state index contributed by atoms with van der Waals surface area (Å²) in [5, 5.41) is 0. The fraction of sp³-hybridized carbons (Fsp3) is 0.360. The molecule has 1 amide bonds. The molecule has 0 bridgehead atoms. The lowest BCUT2D eigenvalue weighted by Gasteiger charge is -2.36. The average Bonchev–Trinajstić information content (AvgIpc) is 2.83. The highest BCUT2D eigenvalue weighted by Gasteiger charge is 2.44. The second-order valence-corrected chi connectivity index (χ2v) is 12.5. The van der Waals surface area contributed by atoms with Crippen molar-refractivity contribution in [3.8, 4) is 0 Å². The molecular weight excluding hydrogens is 444 g/mol. The number of nitrogens with two attached hydrogens (primary N) is 1. The number of ether oxygens (including phenoxy) is 1. The summed E-state index contributed by atoms with van der Waals surface area (Å²) in [5.74, 6) is -4.64. The topological polar surface area (TPSA) is 78.6 Å². The Hall–Kier alpha value is -2.84. The van der Waals surface area contributed by atoms with Gasteiger partial charge >= 0.3 is 5.97 Å². The van der Waals surface area contributed by atoms with Crippen molar-refractivity contribution in [1.82, 2.24) is 0 Å². The predicted octanol–water partition coefficient (Wildman–Crippen LogP) is 5.98. The molecule has 2 aromatic carbocycles. The van der Waals surface area contributed by atoms with Crippen molar-refractivity contribution >= 4 is 26.3 Å². The Labute approximate surface area is 194 Å². The van der Waals surface area contributed by atoms with E-state index in [9.17, 15) is 9.59 Å². The van der Waals surface area contributed by atoms with Gasteiger partial charge < -0.3 is 14.9 Å². The van der Waals surface area contributed by atoms with Crippen LogP contribution in [-0.4, -0.2) is 33.2 Å². The third-order valence-electron chi connectivity index (χ3n) is 6.00. The first kappa shape index (κ1) is 26.4. The highest BCUT2D eigenvalue weighted by molar-refractivity contribution is 6.73. The van der Waals surface area contributed by atoms with E-state index in [-0.39, 0.29) is 16.7 Å². The second-order valence-electron chi connectivity index (χ2n) is 7.81. The van der Waals surface area contributed by atoms with Crippen LogP contribution in [0.3, 0.4) is 0 Å². The Morgan fingerprint density at radius 1 is 1.03 bits per heavy atom. The first-order valence-corrected chi connectivity index (χ1v) is 13.5. The van der Waals surface area contributed by atoms with Gasteiger partial charge in [-0.3, -0.25) is 4.79 Å². The summed E-state index contributed by atoms with van der Waals surface area (Å²) < 4.78 is 42.3. The molecule has 0 aliphatic heterocycles. The second kappa shape index (κ2) is 11.3. The minimum Gasteiger partial charge on any atom is -0.465 e. The Morgan fingerprint density at radius 2 is 1.61 bits per heavy atom. The molecule has 0 spiro atoms. The third kappa shape index (κ3) is 6.36. The van der Waals surface area contributed by atoms with E-state index in [2.05, 4.69) is 0 Å². The van der Waals surface area contributed by atoms with Gasteiger partial charge in [-0.1, -0.05) is 57.2 Å². The molecule has 2 rings (SSSR count). The number of carbonyl (C=O) groups is 2. The smallest absolute Gasteiger partial charge is 0.337 e. The van der Waals surface area contributed by atoms with Crippen molar-refractivity contribution in [1.29, 1.82) is 0 Å². The van der Waals surface area contributed by atoms with Crippen molar-refractivity contribution in [3.63, 3.8) is 0 Å². The minimum absolute atomic E-state index is 0.156. The number of hydrogen-bond acceptors (Lipinski definition) is 4. The molecule has 0 heterocycles. The van der Waals surface area contributed by atoms with Crippen molar-refractivity contribution in [3.05, 3.63) is 76.9 Å². The van der Waals surface area contributed by atoms with E-state index in [1.54, 1.807) is 18.2 Å². The molecule has 33 heavy (non-hydrogen) atoms. The Morgan fingerprint density at radius 3 is 2.12 bits per heavy atom. The molecule has 0 saturated heterocycles. The first-order chi connectivity index (χ1) is 15.6. The van der Waals surface area contributed by atoms with Crippen LogP contribution < -0.4 is 5.73 Å². The van der Waals surface area contributed by atoms with Gasteiger partial charge in [0, 0.05) is 5.56 Å². The van der Waals surface area contributed by atoms with Crippen LogP contribution in [0.15, 0.2) is 54.6 Å². The predicted molar refractivity (Wildman–Crippen MR) is 128 cm³/mol. The zero-order valence-electron chi connectivity index (χ0n) is 19.4. The van der Waals surface area contributed by atoms with Crippen LogP contribution in [0.2, 0.25) is 18.1 Å². The van der Waals surface area contributed by atoms with Gasteiger partial charge in [0.15, 0.2) is 8.32 Å². The van der Waals surface area contributed by atoms with E-state index in [1.807, 2.05) is 20.8 Å². The molecule has 0 aliphatic rings. The van der Waals surface area contributed by atoms with Gasteiger partial charge in [0.2, 0.25) is 5.91 Å². The van der Waals surface area contributed by atoms with Crippen molar-refractivity contribution in [2.45, 2.75) is 50.9 Å². The maximum atomic E-state index is 15.7. The van der Waals surface area contributed by atoms with Gasteiger partial charge in [0.1, 0.15) is 6.10 Å². The highest BCUT2D eigenvalue weighted by Crippen LogP contribution is 2.41. The van der Waals surface area contributed by atoms with E-state index >= 15 is 8.78 Å². The number of benzene rings is 2. The molecule has 2 N–H and O–H groups in total. The first-order valence-electron chi connectivity index (χ1n) is 10.9. The van der Waals surface area contributed by atoms with Crippen LogP contribution in [0.4, 0.5) is 8.78 Å². The molecule has 8 heteroatoms. The fourth-order valence-corrected chi connectivity index (χ4v) is 6.48. The van der Waals surface area contributed by atoms with Crippen LogP contribution in [0.1, 0.15) is 58.7 Å². The molecule has 0 aliphatic carbocycles. The van der Waals surface area contributed by atoms with Gasteiger partial charge in [0.25, 0.3) is 5.92 Å². The third-order valence-corrected chi connectivity index (χ3v) is 10.6. The number of halogens is 2. The number of esters is 1. The zero-order valence-corrected chi connectivity index (χ0v) is 20.4. The van der Waals surface area contributed by atoms with Crippen LogP contribution in [0.5, 0.6) is 0 Å². The molecule has 2 aromatic rings. The fourth-order valence-electron chi connectivity index (χ4n) is 3.69. The SMILES string of the molecule is CC[Si](CC)(CC)OC(c1ccc(C(=O)OC)cc1)C(F)(F)/C=C/c1ccccc1C(N)=O. The summed E-state index contributed by atoms with van der Waals surface area (Å²) in [6, 6.07) is 14.2. The normalized spacial score (nSPS) is 13.2. The van der Waals surface area contributed by atoms with Gasteiger partial charge in [0.05, 0.1) is 12.7 Å². The standard InChI is InChI=1S/C25H31F2NO4Si/c1-5-33(6-2,7-3)32-22(19-12-14-20(15-13-19)24(30)31-4)25(26,27)17-16-18-10-8-9-11-21(18)23(28)29/h8-17,22H,5-7H2,1-4H3,(H2,28,29)/b17-16+. The summed E-state index contributed by atoms with van der Waals surface area (Å²) >= 11 is 0.